The predicted octanol–water partition coefficient (Wildman–Crippen LogP) is 3.96. The average Bonchev–Trinajstić information content (AvgIpc) is 2.93. The number of nitrogens with one attached hydrogen (secondary N) is 1. The van der Waals surface area contributed by atoms with Crippen LogP contribution < -0.4 is 4.72 Å². The average molecular weight is 370 g/mol. The minimum atomic E-state index is -3.73. The summed E-state index contributed by atoms with van der Waals surface area (Å²) >= 11 is 0. The summed E-state index contributed by atoms with van der Waals surface area (Å²) in [4.78, 5) is 15.7. The Labute approximate surface area is 151 Å². The molecule has 7 heteroatoms. The molecule has 3 rings (SSSR count). The van der Waals surface area contributed by atoms with Crippen LogP contribution in [0.15, 0.2) is 57.8 Å². The molecule has 3 aromatic rings. The summed E-state index contributed by atoms with van der Waals surface area (Å²) in [6.45, 7) is 5.03. The lowest BCUT2D eigenvalue weighted by Crippen LogP contribution is -2.13. The minimum absolute atomic E-state index is 0.0756. The Hall–Kier alpha value is -2.93. The Morgan fingerprint density at radius 3 is 2.12 bits per heavy atom. The van der Waals surface area contributed by atoms with Crippen molar-refractivity contribution in [1.82, 2.24) is 4.98 Å². The third-order valence-electron chi connectivity index (χ3n) is 3.89. The highest BCUT2D eigenvalue weighted by atomic mass is 32.2. The molecule has 134 valence electrons. The van der Waals surface area contributed by atoms with Crippen molar-refractivity contribution in [3.05, 3.63) is 65.7 Å². The lowest BCUT2D eigenvalue weighted by molar-refractivity contribution is 0.101. The quantitative estimate of drug-likeness (QED) is 0.687. The first-order valence-electron chi connectivity index (χ1n) is 7.94. The van der Waals surface area contributed by atoms with Gasteiger partial charge in [0.05, 0.1) is 4.90 Å². The van der Waals surface area contributed by atoms with E-state index in [1.54, 1.807) is 43.3 Å². The van der Waals surface area contributed by atoms with Gasteiger partial charge in [0.1, 0.15) is 11.5 Å². The fraction of sp³-hybridized carbons (Fsp3) is 0.158. The Bertz CT molecular complexity index is 1050. The molecule has 0 saturated heterocycles. The van der Waals surface area contributed by atoms with Gasteiger partial charge in [0, 0.05) is 23.7 Å². The number of anilines is 1. The number of rotatable bonds is 5. The van der Waals surface area contributed by atoms with Gasteiger partial charge in [0.25, 0.3) is 10.0 Å². The van der Waals surface area contributed by atoms with Gasteiger partial charge in [0.15, 0.2) is 11.7 Å². The number of Topliss-reactive ketones (excluding diaryl/α,β-unsaturated/α-hetero) is 1. The van der Waals surface area contributed by atoms with Crippen LogP contribution in [-0.4, -0.2) is 19.2 Å². The SMILES string of the molecule is CC(=O)c1ccc(NS(=O)(=O)c2ccc(-c3nc(C)oc3C)cc2)cc1. The van der Waals surface area contributed by atoms with Gasteiger partial charge in [-0.2, -0.15) is 0 Å². The summed E-state index contributed by atoms with van der Waals surface area (Å²) in [5.41, 5.74) is 2.39. The number of aromatic nitrogens is 1. The normalized spacial score (nSPS) is 11.3. The summed E-state index contributed by atoms with van der Waals surface area (Å²) in [5, 5.41) is 0. The van der Waals surface area contributed by atoms with Gasteiger partial charge in [-0.25, -0.2) is 13.4 Å². The standard InChI is InChI=1S/C19H18N2O4S/c1-12(22)15-4-8-17(9-5-15)21-26(23,24)18-10-6-16(7-11-18)19-13(2)25-14(3)20-19/h4-11,21H,1-3H3. The summed E-state index contributed by atoms with van der Waals surface area (Å²) in [6.07, 6.45) is 0. The number of hydrogen-bond acceptors (Lipinski definition) is 5. The number of sulfonamides is 1. The molecule has 26 heavy (non-hydrogen) atoms. The lowest BCUT2D eigenvalue weighted by atomic mass is 10.1. The molecule has 0 fully saturated rings. The second-order valence-corrected chi connectivity index (χ2v) is 7.58. The van der Waals surface area contributed by atoms with E-state index in [2.05, 4.69) is 9.71 Å². The Balaban J connectivity index is 1.83. The first-order chi connectivity index (χ1) is 12.3. The topological polar surface area (TPSA) is 89.3 Å². The van der Waals surface area contributed by atoms with E-state index in [4.69, 9.17) is 4.42 Å². The molecule has 0 unspecified atom stereocenters. The van der Waals surface area contributed by atoms with Crippen LogP contribution in [0, 0.1) is 13.8 Å². The number of aryl methyl sites for hydroxylation is 2. The van der Waals surface area contributed by atoms with E-state index in [1.807, 2.05) is 6.92 Å². The zero-order chi connectivity index (χ0) is 18.9. The molecule has 0 aliphatic heterocycles. The summed E-state index contributed by atoms with van der Waals surface area (Å²) in [7, 11) is -3.73. The molecule has 0 aliphatic rings. The molecule has 0 radical (unpaired) electrons. The van der Waals surface area contributed by atoms with Crippen LogP contribution in [0.25, 0.3) is 11.3 Å². The predicted molar refractivity (Wildman–Crippen MR) is 98.7 cm³/mol. The van der Waals surface area contributed by atoms with Gasteiger partial charge in [-0.05, 0) is 50.2 Å². The van der Waals surface area contributed by atoms with Crippen LogP contribution in [-0.2, 0) is 10.0 Å². The van der Waals surface area contributed by atoms with Gasteiger partial charge >= 0.3 is 0 Å². The van der Waals surface area contributed by atoms with E-state index >= 15 is 0 Å². The molecule has 1 heterocycles. The highest BCUT2D eigenvalue weighted by molar-refractivity contribution is 7.92. The second kappa shape index (κ2) is 6.76. The van der Waals surface area contributed by atoms with Crippen LogP contribution in [0.5, 0.6) is 0 Å². The monoisotopic (exact) mass is 370 g/mol. The van der Waals surface area contributed by atoms with E-state index in [9.17, 15) is 13.2 Å². The number of carbonyl (C=O) groups excluding carboxylic acids is 1. The zero-order valence-corrected chi connectivity index (χ0v) is 15.4. The number of nitrogens with zero attached hydrogens (tertiary/aromatic N) is 1. The van der Waals surface area contributed by atoms with E-state index in [0.29, 0.717) is 28.6 Å². The van der Waals surface area contributed by atoms with E-state index in [-0.39, 0.29) is 10.7 Å². The number of hydrogen-bond donors (Lipinski definition) is 1. The summed E-state index contributed by atoms with van der Waals surface area (Å²) < 4.78 is 33.0. The minimum Gasteiger partial charge on any atom is -0.446 e. The first kappa shape index (κ1) is 17.9. The maximum absolute atomic E-state index is 12.5. The number of ketones is 1. The number of oxazole rings is 1. The zero-order valence-electron chi connectivity index (χ0n) is 14.6. The molecular weight excluding hydrogens is 352 g/mol. The van der Waals surface area contributed by atoms with Crippen molar-refractivity contribution in [1.29, 1.82) is 0 Å². The van der Waals surface area contributed by atoms with Gasteiger partial charge in [-0.15, -0.1) is 0 Å². The number of benzene rings is 2. The molecule has 0 atom stereocenters. The van der Waals surface area contributed by atoms with E-state index in [0.717, 1.165) is 5.56 Å². The van der Waals surface area contributed by atoms with Gasteiger partial charge in [0.2, 0.25) is 0 Å². The molecule has 0 amide bonds. The Morgan fingerprint density at radius 1 is 1.00 bits per heavy atom. The highest BCUT2D eigenvalue weighted by Crippen LogP contribution is 2.25. The van der Waals surface area contributed by atoms with Gasteiger partial charge in [-0.1, -0.05) is 12.1 Å². The molecule has 0 saturated carbocycles. The molecule has 1 aromatic heterocycles. The number of carbonyl (C=O) groups is 1. The molecular formula is C19H18N2O4S. The van der Waals surface area contributed by atoms with Gasteiger partial charge < -0.3 is 4.42 Å². The van der Waals surface area contributed by atoms with Crippen LogP contribution in [0.2, 0.25) is 0 Å². The molecule has 2 aromatic carbocycles. The summed E-state index contributed by atoms with van der Waals surface area (Å²) in [6, 6.07) is 12.7. The van der Waals surface area contributed by atoms with Crippen molar-refractivity contribution < 1.29 is 17.6 Å². The first-order valence-corrected chi connectivity index (χ1v) is 9.43. The molecule has 6 nitrogen and oxygen atoms in total. The van der Waals surface area contributed by atoms with Crippen LogP contribution >= 0.6 is 0 Å². The third-order valence-corrected chi connectivity index (χ3v) is 5.28. The van der Waals surface area contributed by atoms with Crippen LogP contribution in [0.3, 0.4) is 0 Å². The molecule has 0 bridgehead atoms. The van der Waals surface area contributed by atoms with Crippen LogP contribution in [0.4, 0.5) is 5.69 Å². The maximum Gasteiger partial charge on any atom is 0.261 e. The fourth-order valence-corrected chi connectivity index (χ4v) is 3.63. The Kier molecular flexibility index (Phi) is 4.65. The van der Waals surface area contributed by atoms with Crippen molar-refractivity contribution >= 4 is 21.5 Å². The maximum atomic E-state index is 12.5. The summed E-state index contributed by atoms with van der Waals surface area (Å²) in [5.74, 6) is 1.17. The van der Waals surface area contributed by atoms with Crippen molar-refractivity contribution in [3.63, 3.8) is 0 Å². The lowest BCUT2D eigenvalue weighted by Gasteiger charge is -2.09. The van der Waals surface area contributed by atoms with Crippen molar-refractivity contribution in [2.75, 3.05) is 4.72 Å². The smallest absolute Gasteiger partial charge is 0.261 e. The Morgan fingerprint density at radius 2 is 1.62 bits per heavy atom. The largest absolute Gasteiger partial charge is 0.446 e. The van der Waals surface area contributed by atoms with Crippen molar-refractivity contribution in [2.24, 2.45) is 0 Å². The van der Waals surface area contributed by atoms with Crippen LogP contribution in [0.1, 0.15) is 28.9 Å². The second-order valence-electron chi connectivity index (χ2n) is 5.90. The molecule has 0 spiro atoms. The molecule has 0 aliphatic carbocycles. The molecule has 1 N–H and O–H groups in total. The third kappa shape index (κ3) is 3.67. The van der Waals surface area contributed by atoms with E-state index < -0.39 is 10.0 Å². The highest BCUT2D eigenvalue weighted by Gasteiger charge is 2.16. The van der Waals surface area contributed by atoms with E-state index in [1.165, 1.54) is 19.1 Å². The van der Waals surface area contributed by atoms with Gasteiger partial charge in [-0.3, -0.25) is 9.52 Å². The van der Waals surface area contributed by atoms with Crippen molar-refractivity contribution in [3.8, 4) is 11.3 Å². The van der Waals surface area contributed by atoms with Crippen molar-refractivity contribution in [2.45, 2.75) is 25.7 Å². The fourth-order valence-electron chi connectivity index (χ4n) is 2.58.